The van der Waals surface area contributed by atoms with Crippen molar-refractivity contribution in [2.24, 2.45) is 0 Å². The largest absolute Gasteiger partial charge is 0.478 e. The zero-order chi connectivity index (χ0) is 15.8. The van der Waals surface area contributed by atoms with E-state index in [2.05, 4.69) is 5.32 Å². The first-order valence-corrected chi connectivity index (χ1v) is 7.51. The molecule has 0 bridgehead atoms. The molecule has 2 N–H and O–H groups in total. The molecule has 1 aliphatic heterocycles. The van der Waals surface area contributed by atoms with Crippen molar-refractivity contribution in [1.29, 1.82) is 0 Å². The third-order valence-corrected chi connectivity index (χ3v) is 4.29. The first-order valence-electron chi connectivity index (χ1n) is 6.07. The van der Waals surface area contributed by atoms with Crippen LogP contribution in [-0.4, -0.2) is 44.7 Å². The van der Waals surface area contributed by atoms with Gasteiger partial charge in [-0.05, 0) is 19.1 Å². The Bertz CT molecular complexity index is 699. The quantitative estimate of drug-likeness (QED) is 0.813. The molecule has 1 heterocycles. The van der Waals surface area contributed by atoms with Crippen molar-refractivity contribution >= 4 is 27.7 Å². The molecule has 114 valence electrons. The minimum Gasteiger partial charge on any atom is -0.478 e. The highest BCUT2D eigenvalue weighted by Crippen LogP contribution is 2.33. The van der Waals surface area contributed by atoms with E-state index in [9.17, 15) is 18.0 Å². The number of hydrogen-bond acceptors (Lipinski definition) is 5. The molecule has 2 rings (SSSR count). The summed E-state index contributed by atoms with van der Waals surface area (Å²) in [7, 11) is -1.30. The summed E-state index contributed by atoms with van der Waals surface area (Å²) in [5, 5.41) is 2.59. The van der Waals surface area contributed by atoms with Crippen LogP contribution in [0.2, 0.25) is 0 Å². The summed E-state index contributed by atoms with van der Waals surface area (Å²) in [4.78, 5) is 23.6. The zero-order valence-corrected chi connectivity index (χ0v) is 12.5. The van der Waals surface area contributed by atoms with Gasteiger partial charge in [0.1, 0.15) is 0 Å². The standard InChI is InChI=1S/C12H15N3O5S/c1-7-11(16)13-9-6-4-5-8(10(9)20-7)12(17)14-21(18,19)15(2)3/h4-7H,1-3H3,(H,13,16)(H,14,17). The summed E-state index contributed by atoms with van der Waals surface area (Å²) >= 11 is 0. The second-order valence-electron chi connectivity index (χ2n) is 4.65. The second-order valence-corrected chi connectivity index (χ2v) is 6.53. The smallest absolute Gasteiger partial charge is 0.303 e. The molecule has 0 aliphatic carbocycles. The van der Waals surface area contributed by atoms with Gasteiger partial charge in [-0.15, -0.1) is 0 Å². The minimum atomic E-state index is -3.91. The molecule has 8 nitrogen and oxygen atoms in total. The monoisotopic (exact) mass is 313 g/mol. The predicted octanol–water partition coefficient (Wildman–Crippen LogP) is -0.0578. The third kappa shape index (κ3) is 2.98. The van der Waals surface area contributed by atoms with E-state index >= 15 is 0 Å². The van der Waals surface area contributed by atoms with Crippen LogP contribution in [0.15, 0.2) is 18.2 Å². The van der Waals surface area contributed by atoms with Crippen LogP contribution < -0.4 is 14.8 Å². The average Bonchev–Trinajstić information content (AvgIpc) is 2.38. The van der Waals surface area contributed by atoms with Gasteiger partial charge in [0.15, 0.2) is 11.9 Å². The summed E-state index contributed by atoms with van der Waals surface area (Å²) in [6.45, 7) is 1.53. The molecule has 1 aromatic carbocycles. The maximum atomic E-state index is 12.1. The highest BCUT2D eigenvalue weighted by atomic mass is 32.2. The lowest BCUT2D eigenvalue weighted by molar-refractivity contribution is -0.122. The Kier molecular flexibility index (Phi) is 3.88. The van der Waals surface area contributed by atoms with E-state index in [1.807, 2.05) is 4.72 Å². The Hall–Kier alpha value is -2.13. The van der Waals surface area contributed by atoms with Gasteiger partial charge in [0.05, 0.1) is 11.3 Å². The van der Waals surface area contributed by atoms with Crippen LogP contribution in [0.1, 0.15) is 17.3 Å². The first-order chi connectivity index (χ1) is 9.72. The Morgan fingerprint density at radius 2 is 2.05 bits per heavy atom. The number of carbonyl (C=O) groups is 2. The van der Waals surface area contributed by atoms with Crippen LogP contribution in [0.25, 0.3) is 0 Å². The van der Waals surface area contributed by atoms with Gasteiger partial charge < -0.3 is 10.1 Å². The molecular weight excluding hydrogens is 298 g/mol. The molecular formula is C12H15N3O5S. The number of para-hydroxylation sites is 1. The van der Waals surface area contributed by atoms with Gasteiger partial charge in [-0.1, -0.05) is 6.07 Å². The number of hydrogen-bond donors (Lipinski definition) is 2. The fraction of sp³-hybridized carbons (Fsp3) is 0.333. The molecule has 0 saturated heterocycles. The van der Waals surface area contributed by atoms with Crippen molar-refractivity contribution in [3.8, 4) is 5.75 Å². The van der Waals surface area contributed by atoms with Crippen molar-refractivity contribution in [3.63, 3.8) is 0 Å². The molecule has 1 aliphatic rings. The SMILES string of the molecule is CC1Oc2c(cccc2C(=O)NS(=O)(=O)N(C)C)NC1=O. The van der Waals surface area contributed by atoms with Gasteiger partial charge >= 0.3 is 10.2 Å². The van der Waals surface area contributed by atoms with E-state index in [-0.39, 0.29) is 17.2 Å². The van der Waals surface area contributed by atoms with Gasteiger partial charge in [-0.25, -0.2) is 4.72 Å². The summed E-state index contributed by atoms with van der Waals surface area (Å²) in [6, 6.07) is 4.51. The van der Waals surface area contributed by atoms with Crippen molar-refractivity contribution in [2.45, 2.75) is 13.0 Å². The molecule has 21 heavy (non-hydrogen) atoms. The van der Waals surface area contributed by atoms with Gasteiger partial charge in [0.2, 0.25) is 0 Å². The van der Waals surface area contributed by atoms with Gasteiger partial charge in [0.25, 0.3) is 11.8 Å². The summed E-state index contributed by atoms with van der Waals surface area (Å²) in [5.41, 5.74) is 0.359. The number of rotatable bonds is 3. The minimum absolute atomic E-state index is 0.0322. The molecule has 9 heteroatoms. The molecule has 1 aromatic rings. The lowest BCUT2D eigenvalue weighted by atomic mass is 10.1. The lowest BCUT2D eigenvalue weighted by Crippen LogP contribution is -2.40. The third-order valence-electron chi connectivity index (χ3n) is 2.88. The molecule has 1 atom stereocenters. The molecule has 0 fully saturated rings. The maximum absolute atomic E-state index is 12.1. The number of benzene rings is 1. The number of nitrogens with zero attached hydrogens (tertiary/aromatic N) is 1. The van der Waals surface area contributed by atoms with Gasteiger partial charge in [-0.3, -0.25) is 9.59 Å². The van der Waals surface area contributed by atoms with Crippen molar-refractivity contribution in [1.82, 2.24) is 9.03 Å². The normalized spacial score (nSPS) is 17.7. The predicted molar refractivity (Wildman–Crippen MR) is 75.2 cm³/mol. The van der Waals surface area contributed by atoms with Crippen molar-refractivity contribution in [3.05, 3.63) is 23.8 Å². The van der Waals surface area contributed by atoms with Crippen LogP contribution in [0.5, 0.6) is 5.75 Å². The summed E-state index contributed by atoms with van der Waals surface area (Å²) in [5.74, 6) is -1.01. The van der Waals surface area contributed by atoms with E-state index in [0.717, 1.165) is 4.31 Å². The van der Waals surface area contributed by atoms with Crippen LogP contribution in [0.4, 0.5) is 5.69 Å². The second kappa shape index (κ2) is 5.34. The molecule has 0 spiro atoms. The van der Waals surface area contributed by atoms with Crippen LogP contribution >= 0.6 is 0 Å². The molecule has 0 aromatic heterocycles. The first kappa shape index (κ1) is 15.3. The van der Waals surface area contributed by atoms with Gasteiger partial charge in [0, 0.05) is 14.1 Å². The Morgan fingerprint density at radius 3 is 2.67 bits per heavy atom. The van der Waals surface area contributed by atoms with E-state index in [4.69, 9.17) is 4.74 Å². The maximum Gasteiger partial charge on any atom is 0.303 e. The van der Waals surface area contributed by atoms with Gasteiger partial charge in [-0.2, -0.15) is 12.7 Å². The van der Waals surface area contributed by atoms with Crippen molar-refractivity contribution in [2.75, 3.05) is 19.4 Å². The highest BCUT2D eigenvalue weighted by Gasteiger charge is 2.29. The topological polar surface area (TPSA) is 105 Å². The van der Waals surface area contributed by atoms with E-state index < -0.39 is 22.2 Å². The zero-order valence-electron chi connectivity index (χ0n) is 11.7. The van der Waals surface area contributed by atoms with Crippen LogP contribution in [0.3, 0.4) is 0 Å². The van der Waals surface area contributed by atoms with E-state index in [1.165, 1.54) is 33.2 Å². The highest BCUT2D eigenvalue weighted by molar-refractivity contribution is 7.87. The molecule has 0 saturated carbocycles. The van der Waals surface area contributed by atoms with Crippen LogP contribution in [-0.2, 0) is 15.0 Å². The Morgan fingerprint density at radius 1 is 1.38 bits per heavy atom. The fourth-order valence-corrected chi connectivity index (χ4v) is 2.20. The summed E-state index contributed by atoms with van der Waals surface area (Å²) in [6.07, 6.45) is -0.767. The number of anilines is 1. The number of amides is 2. The Balaban J connectivity index is 2.36. The number of nitrogens with one attached hydrogen (secondary N) is 2. The van der Waals surface area contributed by atoms with Crippen molar-refractivity contribution < 1.29 is 22.7 Å². The van der Waals surface area contributed by atoms with Crippen LogP contribution in [0, 0.1) is 0 Å². The van der Waals surface area contributed by atoms with E-state index in [0.29, 0.717) is 5.69 Å². The lowest BCUT2D eigenvalue weighted by Gasteiger charge is -2.25. The number of carbonyl (C=O) groups excluding carboxylic acids is 2. The number of fused-ring (bicyclic) bond motifs is 1. The fourth-order valence-electron chi connectivity index (χ4n) is 1.67. The molecule has 2 amide bonds. The average molecular weight is 313 g/mol. The van der Waals surface area contributed by atoms with E-state index in [1.54, 1.807) is 6.07 Å². The number of ether oxygens (including phenoxy) is 1. The molecule has 1 unspecified atom stereocenters. The summed E-state index contributed by atoms with van der Waals surface area (Å²) < 4.78 is 31.5. The Labute approximate surface area is 122 Å². The molecule has 0 radical (unpaired) electrons.